The summed E-state index contributed by atoms with van der Waals surface area (Å²) in [4.78, 5) is 22.3. The van der Waals surface area contributed by atoms with Crippen LogP contribution in [0.15, 0.2) is 30.3 Å². The molecule has 1 aromatic carbocycles. The molecule has 0 unspecified atom stereocenters. The second kappa shape index (κ2) is 10.4. The smallest absolute Gasteiger partial charge is 0.242 e. The average molecular weight is 428 g/mol. The SMILES string of the molecule is C[C@H]1CCCCN1CCCNC(=O)[C@@H]1CCCN1c1nc(Cc2ccccc2)ns1. The summed E-state index contributed by atoms with van der Waals surface area (Å²) in [6.07, 6.45) is 7.63. The van der Waals surface area contributed by atoms with Crippen LogP contribution >= 0.6 is 11.5 Å². The van der Waals surface area contributed by atoms with E-state index in [2.05, 4.69) is 38.5 Å². The van der Waals surface area contributed by atoms with Crippen LogP contribution in [0.3, 0.4) is 0 Å². The van der Waals surface area contributed by atoms with Crippen molar-refractivity contribution in [3.63, 3.8) is 0 Å². The van der Waals surface area contributed by atoms with E-state index in [1.165, 1.54) is 42.9 Å². The van der Waals surface area contributed by atoms with Crippen molar-refractivity contribution < 1.29 is 4.79 Å². The first-order chi connectivity index (χ1) is 14.7. The molecule has 0 bridgehead atoms. The molecule has 0 radical (unpaired) electrons. The van der Waals surface area contributed by atoms with Gasteiger partial charge in [-0.25, -0.2) is 4.98 Å². The van der Waals surface area contributed by atoms with Crippen LogP contribution in [0.4, 0.5) is 5.13 Å². The predicted molar refractivity (Wildman–Crippen MR) is 122 cm³/mol. The molecule has 4 rings (SSSR count). The molecule has 0 spiro atoms. The van der Waals surface area contributed by atoms with Gasteiger partial charge in [-0.3, -0.25) is 4.79 Å². The van der Waals surface area contributed by atoms with Gasteiger partial charge in [-0.15, -0.1) is 0 Å². The van der Waals surface area contributed by atoms with E-state index in [1.54, 1.807) is 0 Å². The quantitative estimate of drug-likeness (QED) is 0.654. The molecule has 7 heteroatoms. The Kier molecular flexibility index (Phi) is 7.33. The largest absolute Gasteiger partial charge is 0.354 e. The number of carbonyl (C=O) groups excluding carboxylic acids is 1. The fourth-order valence-electron chi connectivity index (χ4n) is 4.58. The summed E-state index contributed by atoms with van der Waals surface area (Å²) in [5, 5.41) is 4.05. The number of rotatable bonds is 8. The van der Waals surface area contributed by atoms with Crippen molar-refractivity contribution in [2.45, 2.75) is 64.0 Å². The summed E-state index contributed by atoms with van der Waals surface area (Å²) in [7, 11) is 0. The monoisotopic (exact) mass is 427 g/mol. The lowest BCUT2D eigenvalue weighted by Gasteiger charge is -2.33. The van der Waals surface area contributed by atoms with Crippen LogP contribution in [-0.4, -0.2) is 58.4 Å². The fraction of sp³-hybridized carbons (Fsp3) is 0.609. The molecular weight excluding hydrogens is 394 g/mol. The van der Waals surface area contributed by atoms with Gasteiger partial charge in [0.2, 0.25) is 11.0 Å². The van der Waals surface area contributed by atoms with Crippen LogP contribution in [-0.2, 0) is 11.2 Å². The summed E-state index contributed by atoms with van der Waals surface area (Å²) in [5.41, 5.74) is 1.21. The second-order valence-corrected chi connectivity index (χ2v) is 9.26. The van der Waals surface area contributed by atoms with E-state index in [-0.39, 0.29) is 11.9 Å². The molecule has 2 aromatic rings. The van der Waals surface area contributed by atoms with Gasteiger partial charge in [-0.2, -0.15) is 4.37 Å². The summed E-state index contributed by atoms with van der Waals surface area (Å²) >= 11 is 1.41. The minimum atomic E-state index is -0.114. The van der Waals surface area contributed by atoms with Crippen molar-refractivity contribution >= 4 is 22.6 Å². The van der Waals surface area contributed by atoms with Crippen molar-refractivity contribution in [3.05, 3.63) is 41.7 Å². The summed E-state index contributed by atoms with van der Waals surface area (Å²) in [6, 6.07) is 10.8. The molecule has 2 saturated heterocycles. The third kappa shape index (κ3) is 5.38. The lowest BCUT2D eigenvalue weighted by molar-refractivity contribution is -0.122. The van der Waals surface area contributed by atoms with Crippen LogP contribution < -0.4 is 10.2 Å². The number of anilines is 1. The third-order valence-electron chi connectivity index (χ3n) is 6.33. The molecule has 2 atom stereocenters. The van der Waals surface area contributed by atoms with E-state index in [0.29, 0.717) is 6.04 Å². The van der Waals surface area contributed by atoms with Crippen LogP contribution in [0.25, 0.3) is 0 Å². The molecule has 6 nitrogen and oxygen atoms in total. The van der Waals surface area contributed by atoms with Gasteiger partial charge in [0.05, 0.1) is 0 Å². The zero-order chi connectivity index (χ0) is 20.8. The lowest BCUT2D eigenvalue weighted by atomic mass is 10.0. The molecule has 2 fully saturated rings. The van der Waals surface area contributed by atoms with Crippen molar-refractivity contribution in [2.75, 3.05) is 31.1 Å². The first kappa shape index (κ1) is 21.2. The maximum Gasteiger partial charge on any atom is 0.242 e. The normalized spacial score (nSPS) is 22.4. The fourth-order valence-corrected chi connectivity index (χ4v) is 5.34. The van der Waals surface area contributed by atoms with Gasteiger partial charge in [0.1, 0.15) is 11.9 Å². The molecular formula is C23H33N5OS. The van der Waals surface area contributed by atoms with Crippen LogP contribution in [0.5, 0.6) is 0 Å². The molecule has 30 heavy (non-hydrogen) atoms. The maximum absolute atomic E-state index is 12.8. The number of hydrogen-bond acceptors (Lipinski definition) is 6. The van der Waals surface area contributed by atoms with Crippen molar-refractivity contribution in [3.8, 4) is 0 Å². The Hall–Kier alpha value is -1.99. The highest BCUT2D eigenvalue weighted by Gasteiger charge is 2.32. The number of hydrogen-bond donors (Lipinski definition) is 1. The zero-order valence-electron chi connectivity index (χ0n) is 17.9. The van der Waals surface area contributed by atoms with E-state index < -0.39 is 0 Å². The summed E-state index contributed by atoms with van der Waals surface area (Å²) in [6.45, 7) is 6.23. The number of carbonyl (C=O) groups is 1. The highest BCUT2D eigenvalue weighted by atomic mass is 32.1. The first-order valence-electron chi connectivity index (χ1n) is 11.4. The van der Waals surface area contributed by atoms with Gasteiger partial charge in [-0.1, -0.05) is 36.8 Å². The topological polar surface area (TPSA) is 61.4 Å². The van der Waals surface area contributed by atoms with Crippen LogP contribution in [0.1, 0.15) is 56.8 Å². The van der Waals surface area contributed by atoms with E-state index in [4.69, 9.17) is 4.98 Å². The Balaban J connectivity index is 1.26. The minimum Gasteiger partial charge on any atom is -0.354 e. The molecule has 0 saturated carbocycles. The molecule has 1 aromatic heterocycles. The lowest BCUT2D eigenvalue weighted by Crippen LogP contribution is -2.44. The van der Waals surface area contributed by atoms with E-state index in [0.717, 1.165) is 56.3 Å². The predicted octanol–water partition coefficient (Wildman–Crippen LogP) is 3.48. The maximum atomic E-state index is 12.8. The van der Waals surface area contributed by atoms with Gasteiger partial charge < -0.3 is 15.1 Å². The van der Waals surface area contributed by atoms with Gasteiger partial charge in [-0.05, 0) is 51.1 Å². The molecule has 3 heterocycles. The zero-order valence-corrected chi connectivity index (χ0v) is 18.7. The van der Waals surface area contributed by atoms with E-state index in [1.807, 2.05) is 18.2 Å². The Morgan fingerprint density at radius 1 is 1.17 bits per heavy atom. The number of nitrogens with zero attached hydrogens (tertiary/aromatic N) is 4. The van der Waals surface area contributed by atoms with Crippen molar-refractivity contribution in [1.29, 1.82) is 0 Å². The summed E-state index contributed by atoms with van der Waals surface area (Å²) in [5.74, 6) is 0.974. The molecule has 162 valence electrons. The average Bonchev–Trinajstić information content (AvgIpc) is 3.42. The molecule has 1 amide bonds. The van der Waals surface area contributed by atoms with Crippen molar-refractivity contribution in [1.82, 2.24) is 19.6 Å². The Labute approximate surface area is 183 Å². The van der Waals surface area contributed by atoms with E-state index in [9.17, 15) is 4.79 Å². The highest BCUT2D eigenvalue weighted by molar-refractivity contribution is 7.09. The number of nitrogens with one attached hydrogen (secondary N) is 1. The number of amides is 1. The van der Waals surface area contributed by atoms with Crippen LogP contribution in [0.2, 0.25) is 0 Å². The van der Waals surface area contributed by atoms with Gasteiger partial charge in [0.15, 0.2) is 0 Å². The van der Waals surface area contributed by atoms with Gasteiger partial charge >= 0.3 is 0 Å². The Morgan fingerprint density at radius 3 is 2.87 bits per heavy atom. The number of piperidine rings is 1. The second-order valence-electron chi connectivity index (χ2n) is 8.53. The highest BCUT2D eigenvalue weighted by Crippen LogP contribution is 2.27. The first-order valence-corrected chi connectivity index (χ1v) is 12.1. The minimum absolute atomic E-state index is 0.114. The van der Waals surface area contributed by atoms with Gasteiger partial charge in [0.25, 0.3) is 0 Å². The molecule has 0 aliphatic carbocycles. The number of likely N-dealkylation sites (tertiary alicyclic amines) is 1. The molecule has 2 aliphatic rings. The van der Waals surface area contributed by atoms with E-state index >= 15 is 0 Å². The number of aromatic nitrogens is 2. The van der Waals surface area contributed by atoms with Crippen molar-refractivity contribution in [2.24, 2.45) is 0 Å². The molecule has 1 N–H and O–H groups in total. The summed E-state index contributed by atoms with van der Waals surface area (Å²) < 4.78 is 4.54. The number of benzene rings is 1. The third-order valence-corrected chi connectivity index (χ3v) is 7.12. The Bertz CT molecular complexity index is 811. The van der Waals surface area contributed by atoms with Crippen LogP contribution in [0, 0.1) is 0 Å². The molecule has 2 aliphatic heterocycles. The Morgan fingerprint density at radius 2 is 2.03 bits per heavy atom. The van der Waals surface area contributed by atoms with Gasteiger partial charge in [0, 0.05) is 43.6 Å². The standard InChI is InChI=1S/C23H33N5OS/c1-18-9-5-6-14-27(18)15-8-13-24-22(29)20-12-7-16-28(20)23-25-21(26-30-23)17-19-10-3-2-4-11-19/h2-4,10-11,18,20H,5-9,12-17H2,1H3,(H,24,29)/t18-,20-/m0/s1.